The molecule has 126 valence electrons. The first-order chi connectivity index (χ1) is 10.6. The molecule has 22 heavy (non-hydrogen) atoms. The Labute approximate surface area is 133 Å². The van der Waals surface area contributed by atoms with Crippen molar-refractivity contribution in [1.82, 2.24) is 15.5 Å². The van der Waals surface area contributed by atoms with Crippen LogP contribution in [0, 0.1) is 0 Å². The summed E-state index contributed by atoms with van der Waals surface area (Å²) < 4.78 is 0. The van der Waals surface area contributed by atoms with Crippen LogP contribution in [-0.4, -0.2) is 48.3 Å². The Morgan fingerprint density at radius 1 is 1.23 bits per heavy atom. The summed E-state index contributed by atoms with van der Waals surface area (Å²) in [7, 11) is 0. The van der Waals surface area contributed by atoms with E-state index in [1.165, 1.54) is 0 Å². The average molecular weight is 311 g/mol. The molecule has 1 atom stereocenters. The van der Waals surface area contributed by atoms with Crippen LogP contribution in [0.1, 0.15) is 58.8 Å². The minimum absolute atomic E-state index is 0.0255. The number of hydrogen-bond acceptors (Lipinski definition) is 3. The minimum Gasteiger partial charge on any atom is -0.354 e. The smallest absolute Gasteiger partial charge is 0.222 e. The molecule has 0 aromatic carbocycles. The first kappa shape index (κ1) is 18.5. The lowest BCUT2D eigenvalue weighted by atomic mass is 10.1. The predicted molar refractivity (Wildman–Crippen MR) is 85.2 cm³/mol. The summed E-state index contributed by atoms with van der Waals surface area (Å²) in [6.07, 6.45) is 4.44. The molecule has 1 aliphatic rings. The summed E-state index contributed by atoms with van der Waals surface area (Å²) in [5.74, 6) is 0.149. The van der Waals surface area contributed by atoms with Crippen molar-refractivity contribution in [3.05, 3.63) is 0 Å². The molecule has 0 saturated carbocycles. The van der Waals surface area contributed by atoms with Gasteiger partial charge in [-0.3, -0.25) is 14.4 Å². The molecule has 0 aromatic heterocycles. The van der Waals surface area contributed by atoms with Crippen LogP contribution in [0.25, 0.3) is 0 Å². The first-order valence-electron chi connectivity index (χ1n) is 8.40. The number of carbonyl (C=O) groups excluding carboxylic acids is 3. The van der Waals surface area contributed by atoms with Crippen LogP contribution in [0.5, 0.6) is 0 Å². The van der Waals surface area contributed by atoms with E-state index in [2.05, 4.69) is 24.5 Å². The maximum atomic E-state index is 12.1. The molecule has 0 spiro atoms. The van der Waals surface area contributed by atoms with E-state index in [1.807, 2.05) is 4.90 Å². The summed E-state index contributed by atoms with van der Waals surface area (Å²) in [4.78, 5) is 36.9. The van der Waals surface area contributed by atoms with E-state index >= 15 is 0 Å². The van der Waals surface area contributed by atoms with Crippen molar-refractivity contribution < 1.29 is 14.4 Å². The Kier molecular flexibility index (Phi) is 8.55. The van der Waals surface area contributed by atoms with E-state index in [0.717, 1.165) is 25.9 Å². The van der Waals surface area contributed by atoms with Crippen molar-refractivity contribution in [2.45, 2.75) is 64.8 Å². The highest BCUT2D eigenvalue weighted by Crippen LogP contribution is 2.06. The number of rotatable bonds is 9. The van der Waals surface area contributed by atoms with Gasteiger partial charge in [0.1, 0.15) is 0 Å². The van der Waals surface area contributed by atoms with Crippen molar-refractivity contribution in [3.63, 3.8) is 0 Å². The zero-order valence-electron chi connectivity index (χ0n) is 13.8. The second kappa shape index (κ2) is 10.2. The third-order valence-electron chi connectivity index (χ3n) is 3.76. The average Bonchev–Trinajstić information content (AvgIpc) is 2.49. The summed E-state index contributed by atoms with van der Waals surface area (Å²) >= 11 is 0. The van der Waals surface area contributed by atoms with E-state index in [9.17, 15) is 14.4 Å². The molecule has 1 fully saturated rings. The van der Waals surface area contributed by atoms with Crippen LogP contribution in [0.3, 0.4) is 0 Å². The van der Waals surface area contributed by atoms with Gasteiger partial charge in [0.05, 0.1) is 0 Å². The maximum Gasteiger partial charge on any atom is 0.222 e. The lowest BCUT2D eigenvalue weighted by Crippen LogP contribution is -2.47. The zero-order valence-corrected chi connectivity index (χ0v) is 13.8. The quantitative estimate of drug-likeness (QED) is 0.671. The molecular formula is C16H29N3O3. The van der Waals surface area contributed by atoms with E-state index in [4.69, 9.17) is 0 Å². The molecule has 0 aliphatic carbocycles. The van der Waals surface area contributed by atoms with Crippen LogP contribution in [0.2, 0.25) is 0 Å². The zero-order chi connectivity index (χ0) is 16.4. The van der Waals surface area contributed by atoms with Gasteiger partial charge in [-0.2, -0.15) is 0 Å². The second-order valence-corrected chi connectivity index (χ2v) is 5.84. The molecule has 1 aliphatic heterocycles. The molecule has 1 saturated heterocycles. The largest absolute Gasteiger partial charge is 0.354 e. The third-order valence-corrected chi connectivity index (χ3v) is 3.76. The summed E-state index contributed by atoms with van der Waals surface area (Å²) in [5.41, 5.74) is 0. The highest BCUT2D eigenvalue weighted by Gasteiger charge is 2.19. The van der Waals surface area contributed by atoms with Crippen molar-refractivity contribution in [3.8, 4) is 0 Å². The van der Waals surface area contributed by atoms with Crippen molar-refractivity contribution in [2.24, 2.45) is 0 Å². The number of nitrogens with zero attached hydrogens (tertiary/aromatic N) is 1. The Balaban J connectivity index is 2.20. The normalized spacial score (nSPS) is 17.7. The fourth-order valence-corrected chi connectivity index (χ4v) is 2.62. The standard InChI is InChI=1S/C16H29N3O3/c1-3-10-19(11-4-2)16(22)7-5-6-15(21)18-13-8-9-14(20)17-12-13/h13H,3-12H2,1-2H3,(H,17,20)(H,18,21). The molecule has 0 aromatic rings. The molecule has 1 heterocycles. The van der Waals surface area contributed by atoms with Crippen LogP contribution in [0.15, 0.2) is 0 Å². The SMILES string of the molecule is CCCN(CCC)C(=O)CCCC(=O)NC1CCC(=O)NC1. The third kappa shape index (κ3) is 6.91. The van der Waals surface area contributed by atoms with Gasteiger partial charge in [-0.1, -0.05) is 13.8 Å². The number of piperidine rings is 1. The number of amides is 3. The van der Waals surface area contributed by atoms with Crippen LogP contribution in [0.4, 0.5) is 0 Å². The van der Waals surface area contributed by atoms with Gasteiger partial charge < -0.3 is 15.5 Å². The van der Waals surface area contributed by atoms with Gasteiger partial charge in [0.15, 0.2) is 0 Å². The van der Waals surface area contributed by atoms with Gasteiger partial charge >= 0.3 is 0 Å². The highest BCUT2D eigenvalue weighted by atomic mass is 16.2. The Hall–Kier alpha value is -1.59. The van der Waals surface area contributed by atoms with Gasteiger partial charge in [-0.15, -0.1) is 0 Å². The van der Waals surface area contributed by atoms with Crippen molar-refractivity contribution in [1.29, 1.82) is 0 Å². The second-order valence-electron chi connectivity index (χ2n) is 5.84. The Morgan fingerprint density at radius 3 is 2.45 bits per heavy atom. The Morgan fingerprint density at radius 2 is 1.91 bits per heavy atom. The monoisotopic (exact) mass is 311 g/mol. The van der Waals surface area contributed by atoms with Gasteiger partial charge in [-0.05, 0) is 25.7 Å². The van der Waals surface area contributed by atoms with E-state index in [-0.39, 0.29) is 23.8 Å². The fraction of sp³-hybridized carbons (Fsp3) is 0.812. The van der Waals surface area contributed by atoms with E-state index < -0.39 is 0 Å². The fourth-order valence-electron chi connectivity index (χ4n) is 2.62. The van der Waals surface area contributed by atoms with Crippen molar-refractivity contribution in [2.75, 3.05) is 19.6 Å². The number of hydrogen-bond donors (Lipinski definition) is 2. The van der Waals surface area contributed by atoms with Gasteiger partial charge in [0, 0.05) is 44.9 Å². The molecule has 6 nitrogen and oxygen atoms in total. The van der Waals surface area contributed by atoms with Crippen molar-refractivity contribution >= 4 is 17.7 Å². The summed E-state index contributed by atoms with van der Waals surface area (Å²) in [6, 6.07) is 0.0255. The number of nitrogens with one attached hydrogen (secondary N) is 2. The molecule has 1 unspecified atom stereocenters. The summed E-state index contributed by atoms with van der Waals surface area (Å²) in [5, 5.41) is 5.65. The topological polar surface area (TPSA) is 78.5 Å². The van der Waals surface area contributed by atoms with E-state index in [1.54, 1.807) is 0 Å². The predicted octanol–water partition coefficient (Wildman–Crippen LogP) is 1.20. The maximum absolute atomic E-state index is 12.1. The lowest BCUT2D eigenvalue weighted by Gasteiger charge is -2.23. The summed E-state index contributed by atoms with van der Waals surface area (Å²) in [6.45, 7) is 6.21. The molecule has 0 bridgehead atoms. The molecule has 1 rings (SSSR count). The molecule has 3 amide bonds. The van der Waals surface area contributed by atoms with Crippen LogP contribution >= 0.6 is 0 Å². The van der Waals surface area contributed by atoms with Crippen LogP contribution < -0.4 is 10.6 Å². The molecule has 0 radical (unpaired) electrons. The highest BCUT2D eigenvalue weighted by molar-refractivity contribution is 5.80. The van der Waals surface area contributed by atoms with Gasteiger partial charge in [0.25, 0.3) is 0 Å². The van der Waals surface area contributed by atoms with Gasteiger partial charge in [0.2, 0.25) is 17.7 Å². The Bertz CT molecular complexity index is 369. The molecular weight excluding hydrogens is 282 g/mol. The molecule has 6 heteroatoms. The number of carbonyl (C=O) groups is 3. The lowest BCUT2D eigenvalue weighted by molar-refractivity contribution is -0.131. The molecule has 2 N–H and O–H groups in total. The minimum atomic E-state index is -0.0357. The van der Waals surface area contributed by atoms with E-state index in [0.29, 0.717) is 38.6 Å². The van der Waals surface area contributed by atoms with Crippen LogP contribution in [-0.2, 0) is 14.4 Å². The van der Waals surface area contributed by atoms with Gasteiger partial charge in [-0.25, -0.2) is 0 Å². The first-order valence-corrected chi connectivity index (χ1v) is 8.40.